The number of amides is 3. The molecular formula is C26H32N4O3. The van der Waals surface area contributed by atoms with Crippen LogP contribution in [0.3, 0.4) is 0 Å². The highest BCUT2D eigenvalue weighted by atomic mass is 16.2. The Hall–Kier alpha value is -3.22. The summed E-state index contributed by atoms with van der Waals surface area (Å²) in [5.41, 5.74) is 8.02. The Balaban J connectivity index is 1.51. The largest absolute Gasteiger partial charge is 0.369 e. The number of nitrogens with two attached hydrogens (primary N) is 1. The first kappa shape index (κ1) is 23.0. The molecule has 2 aromatic rings. The zero-order valence-corrected chi connectivity index (χ0v) is 19.2. The van der Waals surface area contributed by atoms with Gasteiger partial charge in [0.1, 0.15) is 5.69 Å². The summed E-state index contributed by atoms with van der Waals surface area (Å²) in [6.45, 7) is 4.09. The fraction of sp³-hybridized carbons (Fsp3) is 0.462. The maximum absolute atomic E-state index is 12.8. The van der Waals surface area contributed by atoms with E-state index in [1.54, 1.807) is 36.2 Å². The molecule has 0 spiro atoms. The van der Waals surface area contributed by atoms with Crippen molar-refractivity contribution in [1.29, 1.82) is 0 Å². The molecule has 0 radical (unpaired) electrons. The van der Waals surface area contributed by atoms with E-state index >= 15 is 0 Å². The van der Waals surface area contributed by atoms with E-state index in [1.165, 1.54) is 5.56 Å². The Morgan fingerprint density at radius 2 is 1.76 bits per heavy atom. The normalized spacial score (nSPS) is 20.3. The van der Waals surface area contributed by atoms with E-state index in [0.29, 0.717) is 44.6 Å². The summed E-state index contributed by atoms with van der Waals surface area (Å²) in [5.74, 6) is -0.0535. The van der Waals surface area contributed by atoms with Gasteiger partial charge >= 0.3 is 0 Å². The zero-order valence-electron chi connectivity index (χ0n) is 19.2. The van der Waals surface area contributed by atoms with Crippen molar-refractivity contribution in [2.45, 2.75) is 44.9 Å². The van der Waals surface area contributed by atoms with E-state index in [0.717, 1.165) is 24.9 Å². The predicted octanol–water partition coefficient (Wildman–Crippen LogP) is 2.76. The molecule has 0 saturated carbocycles. The van der Waals surface area contributed by atoms with Crippen molar-refractivity contribution in [2.24, 2.45) is 11.1 Å². The lowest BCUT2D eigenvalue weighted by molar-refractivity contribution is -0.130. The Morgan fingerprint density at radius 1 is 1.03 bits per heavy atom. The third kappa shape index (κ3) is 4.92. The molecule has 7 heteroatoms. The number of carbonyl (C=O) groups excluding carboxylic acids is 3. The standard InChI is InChI=1S/C26H32N4O3/c1-19(31)30-14-6-8-21(18-30)22-9-3-2-7-20(22)17-26(25(27)33)11-15-29(16-12-26)24(32)23-10-4-5-13-28-23/h2-5,7,9-10,13,21H,6,8,11-12,14-18H2,1H3,(H2,27,33). The lowest BCUT2D eigenvalue weighted by Crippen LogP contribution is -2.50. The summed E-state index contributed by atoms with van der Waals surface area (Å²) >= 11 is 0. The molecule has 2 fully saturated rings. The van der Waals surface area contributed by atoms with Crippen LogP contribution in [-0.4, -0.2) is 58.7 Å². The van der Waals surface area contributed by atoms with Gasteiger partial charge in [-0.1, -0.05) is 30.3 Å². The third-order valence-corrected chi connectivity index (χ3v) is 7.30. The van der Waals surface area contributed by atoms with E-state index in [2.05, 4.69) is 17.1 Å². The first-order chi connectivity index (χ1) is 15.9. The number of carbonyl (C=O) groups is 3. The zero-order chi connectivity index (χ0) is 23.4. The highest BCUT2D eigenvalue weighted by molar-refractivity contribution is 5.92. The summed E-state index contributed by atoms with van der Waals surface area (Å²) in [7, 11) is 0. The van der Waals surface area contributed by atoms with Gasteiger partial charge in [-0.2, -0.15) is 0 Å². The van der Waals surface area contributed by atoms with Crippen LogP contribution in [0.25, 0.3) is 0 Å². The molecule has 1 aromatic carbocycles. The molecule has 1 aromatic heterocycles. The van der Waals surface area contributed by atoms with Crippen molar-refractivity contribution >= 4 is 17.7 Å². The van der Waals surface area contributed by atoms with Crippen molar-refractivity contribution in [2.75, 3.05) is 26.2 Å². The van der Waals surface area contributed by atoms with Crippen LogP contribution in [0, 0.1) is 5.41 Å². The summed E-state index contributed by atoms with van der Waals surface area (Å²) in [5, 5.41) is 0. The minimum Gasteiger partial charge on any atom is -0.369 e. The Labute approximate surface area is 195 Å². The highest BCUT2D eigenvalue weighted by Gasteiger charge is 2.42. The molecule has 33 heavy (non-hydrogen) atoms. The number of hydrogen-bond acceptors (Lipinski definition) is 4. The second-order valence-corrected chi connectivity index (χ2v) is 9.33. The number of piperidine rings is 2. The summed E-state index contributed by atoms with van der Waals surface area (Å²) in [4.78, 5) is 45.3. The molecule has 2 aliphatic rings. The van der Waals surface area contributed by atoms with E-state index < -0.39 is 5.41 Å². The van der Waals surface area contributed by atoms with Crippen molar-refractivity contribution in [3.63, 3.8) is 0 Å². The van der Waals surface area contributed by atoms with Gasteiger partial charge in [0.05, 0.1) is 5.41 Å². The number of nitrogens with zero attached hydrogens (tertiary/aromatic N) is 3. The third-order valence-electron chi connectivity index (χ3n) is 7.30. The quantitative estimate of drug-likeness (QED) is 0.761. The van der Waals surface area contributed by atoms with Crippen LogP contribution >= 0.6 is 0 Å². The molecule has 1 unspecified atom stereocenters. The van der Waals surface area contributed by atoms with Crippen LogP contribution in [0.5, 0.6) is 0 Å². The summed E-state index contributed by atoms with van der Waals surface area (Å²) in [6.07, 6.45) is 5.22. The second kappa shape index (κ2) is 9.73. The number of benzene rings is 1. The topological polar surface area (TPSA) is 96.6 Å². The van der Waals surface area contributed by atoms with Gasteiger partial charge in [-0.15, -0.1) is 0 Å². The van der Waals surface area contributed by atoms with Crippen LogP contribution in [0.1, 0.15) is 60.1 Å². The molecule has 0 aliphatic carbocycles. The first-order valence-corrected chi connectivity index (χ1v) is 11.7. The van der Waals surface area contributed by atoms with Gasteiger partial charge in [0.15, 0.2) is 0 Å². The van der Waals surface area contributed by atoms with Crippen molar-refractivity contribution in [1.82, 2.24) is 14.8 Å². The molecular weight excluding hydrogens is 416 g/mol. The first-order valence-electron chi connectivity index (χ1n) is 11.7. The molecule has 2 aliphatic heterocycles. The Bertz CT molecular complexity index is 1020. The lowest BCUT2D eigenvalue weighted by atomic mass is 9.71. The van der Waals surface area contributed by atoms with E-state index in [4.69, 9.17) is 5.73 Å². The van der Waals surface area contributed by atoms with Gasteiger partial charge in [-0.05, 0) is 55.4 Å². The van der Waals surface area contributed by atoms with Crippen LogP contribution in [0.2, 0.25) is 0 Å². The minimum absolute atomic E-state index is 0.107. The van der Waals surface area contributed by atoms with Crippen molar-refractivity contribution in [3.05, 3.63) is 65.5 Å². The van der Waals surface area contributed by atoms with Crippen LogP contribution in [-0.2, 0) is 16.0 Å². The van der Waals surface area contributed by atoms with Gasteiger partial charge in [-0.3, -0.25) is 19.4 Å². The van der Waals surface area contributed by atoms with Gasteiger partial charge in [0.2, 0.25) is 11.8 Å². The minimum atomic E-state index is -0.689. The van der Waals surface area contributed by atoms with Gasteiger partial charge in [0.25, 0.3) is 5.91 Å². The molecule has 7 nitrogen and oxygen atoms in total. The summed E-state index contributed by atoms with van der Waals surface area (Å²) in [6, 6.07) is 13.5. The molecule has 3 heterocycles. The van der Waals surface area contributed by atoms with Crippen molar-refractivity contribution in [3.8, 4) is 0 Å². The molecule has 0 bridgehead atoms. The highest BCUT2D eigenvalue weighted by Crippen LogP contribution is 2.38. The number of primary amides is 1. The van der Waals surface area contributed by atoms with Crippen LogP contribution in [0.4, 0.5) is 0 Å². The molecule has 2 saturated heterocycles. The lowest BCUT2D eigenvalue weighted by Gasteiger charge is -2.40. The number of aromatic nitrogens is 1. The Morgan fingerprint density at radius 3 is 2.42 bits per heavy atom. The fourth-order valence-electron chi connectivity index (χ4n) is 5.27. The molecule has 1 atom stereocenters. The average Bonchev–Trinajstić information content (AvgIpc) is 2.85. The van der Waals surface area contributed by atoms with E-state index in [1.807, 2.05) is 17.0 Å². The maximum atomic E-state index is 12.8. The number of hydrogen-bond donors (Lipinski definition) is 1. The Kier molecular flexibility index (Phi) is 6.77. The van der Waals surface area contributed by atoms with Crippen LogP contribution < -0.4 is 5.73 Å². The monoisotopic (exact) mass is 448 g/mol. The number of pyridine rings is 1. The summed E-state index contributed by atoms with van der Waals surface area (Å²) < 4.78 is 0. The molecule has 2 N–H and O–H groups in total. The SMILES string of the molecule is CC(=O)N1CCCC(c2ccccc2CC2(C(N)=O)CCN(C(=O)c3ccccn3)CC2)C1. The maximum Gasteiger partial charge on any atom is 0.272 e. The number of likely N-dealkylation sites (tertiary alicyclic amines) is 2. The van der Waals surface area contributed by atoms with Crippen molar-refractivity contribution < 1.29 is 14.4 Å². The van der Waals surface area contributed by atoms with Gasteiger partial charge < -0.3 is 15.5 Å². The smallest absolute Gasteiger partial charge is 0.272 e. The van der Waals surface area contributed by atoms with E-state index in [9.17, 15) is 14.4 Å². The fourth-order valence-corrected chi connectivity index (χ4v) is 5.27. The molecule has 174 valence electrons. The predicted molar refractivity (Wildman–Crippen MR) is 125 cm³/mol. The van der Waals surface area contributed by atoms with Gasteiger partial charge in [0, 0.05) is 45.2 Å². The van der Waals surface area contributed by atoms with E-state index in [-0.39, 0.29) is 23.6 Å². The molecule has 3 amide bonds. The second-order valence-electron chi connectivity index (χ2n) is 9.33. The van der Waals surface area contributed by atoms with Crippen LogP contribution in [0.15, 0.2) is 48.7 Å². The number of rotatable bonds is 5. The van der Waals surface area contributed by atoms with Gasteiger partial charge in [-0.25, -0.2) is 0 Å². The molecule has 4 rings (SSSR count). The average molecular weight is 449 g/mol.